The number of aliphatic hydroxyl groups excluding tert-OH is 1. The maximum atomic E-state index is 10.2. The maximum Gasteiger partial charge on any atom is 0.138 e. The van der Waals surface area contributed by atoms with Crippen LogP contribution in [0, 0.1) is 0 Å². The van der Waals surface area contributed by atoms with E-state index in [0.717, 1.165) is 0 Å². The second-order valence-electron chi connectivity index (χ2n) is 4.15. The number of nitrogens with zero attached hydrogens (tertiary/aromatic N) is 3. The summed E-state index contributed by atoms with van der Waals surface area (Å²) in [6, 6.07) is 1.76. The van der Waals surface area contributed by atoms with E-state index in [-0.39, 0.29) is 6.10 Å². The van der Waals surface area contributed by atoms with Gasteiger partial charge in [0, 0.05) is 24.2 Å². The fourth-order valence-electron chi connectivity index (χ4n) is 1.54. The second kappa shape index (κ2) is 5.55. The summed E-state index contributed by atoms with van der Waals surface area (Å²) >= 11 is 0. The Morgan fingerprint density at radius 2 is 1.94 bits per heavy atom. The highest BCUT2D eigenvalue weighted by Gasteiger charge is 2.13. The predicted molar refractivity (Wildman–Crippen MR) is 66.1 cm³/mol. The van der Waals surface area contributed by atoms with Gasteiger partial charge in [0.15, 0.2) is 0 Å². The van der Waals surface area contributed by atoms with Crippen LogP contribution in [0.2, 0.25) is 0 Å². The first-order valence-electron chi connectivity index (χ1n) is 5.72. The third-order valence-electron chi connectivity index (χ3n) is 2.29. The zero-order valence-corrected chi connectivity index (χ0v) is 10.3. The number of rotatable bonds is 4. The molecule has 0 aliphatic carbocycles. The van der Waals surface area contributed by atoms with Crippen LogP contribution in [0.1, 0.15) is 31.2 Å². The third-order valence-corrected chi connectivity index (χ3v) is 2.29. The minimum Gasteiger partial charge on any atom is -0.489 e. The van der Waals surface area contributed by atoms with Gasteiger partial charge >= 0.3 is 0 Å². The van der Waals surface area contributed by atoms with Crippen molar-refractivity contribution in [2.75, 3.05) is 0 Å². The molecule has 0 bridgehead atoms. The molecule has 0 radical (unpaired) electrons. The van der Waals surface area contributed by atoms with Crippen molar-refractivity contribution in [3.05, 3.63) is 48.3 Å². The number of pyridine rings is 1. The van der Waals surface area contributed by atoms with Crippen LogP contribution in [-0.4, -0.2) is 26.2 Å². The summed E-state index contributed by atoms with van der Waals surface area (Å²) < 4.78 is 5.53. The Bertz CT molecular complexity index is 503. The molecular weight excluding hydrogens is 230 g/mol. The van der Waals surface area contributed by atoms with E-state index in [1.807, 2.05) is 13.8 Å². The first-order chi connectivity index (χ1) is 8.66. The first-order valence-corrected chi connectivity index (χ1v) is 5.72. The molecule has 0 aliphatic rings. The Balaban J connectivity index is 2.23. The van der Waals surface area contributed by atoms with Gasteiger partial charge in [-0.25, -0.2) is 0 Å². The first kappa shape index (κ1) is 12.4. The van der Waals surface area contributed by atoms with E-state index in [2.05, 4.69) is 15.0 Å². The topological polar surface area (TPSA) is 68.1 Å². The Hall–Kier alpha value is -2.01. The molecule has 1 atom stereocenters. The molecular formula is C13H15N3O2. The quantitative estimate of drug-likeness (QED) is 0.888. The lowest BCUT2D eigenvalue weighted by Gasteiger charge is -2.13. The van der Waals surface area contributed by atoms with Crippen molar-refractivity contribution in [2.24, 2.45) is 0 Å². The molecule has 18 heavy (non-hydrogen) atoms. The highest BCUT2D eigenvalue weighted by atomic mass is 16.5. The molecule has 1 N–H and O–H groups in total. The smallest absolute Gasteiger partial charge is 0.138 e. The number of hydrogen-bond donors (Lipinski definition) is 1. The van der Waals surface area contributed by atoms with Gasteiger partial charge in [0.1, 0.15) is 11.9 Å². The maximum absolute atomic E-state index is 10.2. The van der Waals surface area contributed by atoms with Crippen molar-refractivity contribution in [2.45, 2.75) is 26.1 Å². The van der Waals surface area contributed by atoms with Crippen LogP contribution in [0.25, 0.3) is 0 Å². The molecule has 1 unspecified atom stereocenters. The summed E-state index contributed by atoms with van der Waals surface area (Å²) in [5.41, 5.74) is 1.12. The summed E-state index contributed by atoms with van der Waals surface area (Å²) in [5.74, 6) is 0.630. The van der Waals surface area contributed by atoms with E-state index in [9.17, 15) is 5.11 Å². The summed E-state index contributed by atoms with van der Waals surface area (Å²) in [6.07, 6.45) is 7.06. The van der Waals surface area contributed by atoms with Crippen LogP contribution >= 0.6 is 0 Å². The van der Waals surface area contributed by atoms with Crippen molar-refractivity contribution in [1.82, 2.24) is 15.0 Å². The van der Waals surface area contributed by atoms with Gasteiger partial charge in [-0.3, -0.25) is 15.0 Å². The molecule has 94 valence electrons. The van der Waals surface area contributed by atoms with Crippen LogP contribution in [0.15, 0.2) is 37.1 Å². The average Bonchev–Trinajstić information content (AvgIpc) is 2.38. The zero-order valence-electron chi connectivity index (χ0n) is 10.3. The Labute approximate surface area is 106 Å². The molecule has 0 aromatic carbocycles. The minimum atomic E-state index is -0.845. The fraction of sp³-hybridized carbons (Fsp3) is 0.308. The van der Waals surface area contributed by atoms with E-state index in [0.29, 0.717) is 17.0 Å². The van der Waals surface area contributed by atoms with E-state index in [1.54, 1.807) is 30.9 Å². The van der Waals surface area contributed by atoms with E-state index in [4.69, 9.17) is 4.74 Å². The molecule has 0 saturated heterocycles. The predicted octanol–water partition coefficient (Wildman–Crippen LogP) is 1.74. The van der Waals surface area contributed by atoms with Crippen LogP contribution in [-0.2, 0) is 0 Å². The monoisotopic (exact) mass is 245 g/mol. The SMILES string of the molecule is CC(C)Oc1cncc(C(O)c2cnccn2)c1. The van der Waals surface area contributed by atoms with Gasteiger partial charge in [-0.1, -0.05) is 0 Å². The Morgan fingerprint density at radius 3 is 2.61 bits per heavy atom. The molecule has 0 spiro atoms. The second-order valence-corrected chi connectivity index (χ2v) is 4.15. The standard InChI is InChI=1S/C13H15N3O2/c1-9(2)18-11-5-10(6-15-7-11)13(17)12-8-14-3-4-16-12/h3-9,13,17H,1-2H3. The molecule has 5 heteroatoms. The lowest BCUT2D eigenvalue weighted by molar-refractivity contribution is 0.211. The van der Waals surface area contributed by atoms with Gasteiger partial charge in [-0.2, -0.15) is 0 Å². The number of aliphatic hydroxyl groups is 1. The van der Waals surface area contributed by atoms with E-state index < -0.39 is 6.10 Å². The van der Waals surface area contributed by atoms with Crippen molar-refractivity contribution in [3.63, 3.8) is 0 Å². The van der Waals surface area contributed by atoms with E-state index in [1.165, 1.54) is 6.20 Å². The lowest BCUT2D eigenvalue weighted by atomic mass is 10.1. The molecule has 0 fully saturated rings. The molecule has 2 aromatic heterocycles. The summed E-state index contributed by atoms with van der Waals surface area (Å²) in [6.45, 7) is 3.87. The van der Waals surface area contributed by atoms with Crippen molar-refractivity contribution >= 4 is 0 Å². The van der Waals surface area contributed by atoms with Crippen molar-refractivity contribution in [1.29, 1.82) is 0 Å². The number of ether oxygens (including phenoxy) is 1. The minimum absolute atomic E-state index is 0.0655. The molecule has 2 aromatic rings. The molecule has 5 nitrogen and oxygen atoms in total. The average molecular weight is 245 g/mol. The fourth-order valence-corrected chi connectivity index (χ4v) is 1.54. The summed E-state index contributed by atoms with van der Waals surface area (Å²) in [5, 5.41) is 10.2. The highest BCUT2D eigenvalue weighted by Crippen LogP contribution is 2.22. The molecule has 0 aliphatic heterocycles. The van der Waals surface area contributed by atoms with Crippen LogP contribution in [0.3, 0.4) is 0 Å². The number of hydrogen-bond acceptors (Lipinski definition) is 5. The Morgan fingerprint density at radius 1 is 1.11 bits per heavy atom. The van der Waals surface area contributed by atoms with E-state index >= 15 is 0 Å². The van der Waals surface area contributed by atoms with Crippen LogP contribution in [0.4, 0.5) is 0 Å². The van der Waals surface area contributed by atoms with Crippen LogP contribution in [0.5, 0.6) is 5.75 Å². The summed E-state index contributed by atoms with van der Waals surface area (Å²) in [4.78, 5) is 12.0. The van der Waals surface area contributed by atoms with Crippen LogP contribution < -0.4 is 4.74 Å². The largest absolute Gasteiger partial charge is 0.489 e. The zero-order chi connectivity index (χ0) is 13.0. The van der Waals surface area contributed by atoms with Gasteiger partial charge in [0.05, 0.1) is 24.2 Å². The van der Waals surface area contributed by atoms with Gasteiger partial charge in [-0.15, -0.1) is 0 Å². The molecule has 0 saturated carbocycles. The highest BCUT2D eigenvalue weighted by molar-refractivity contribution is 5.29. The molecule has 2 heterocycles. The van der Waals surface area contributed by atoms with Gasteiger partial charge in [-0.05, 0) is 19.9 Å². The lowest BCUT2D eigenvalue weighted by Crippen LogP contribution is -2.08. The normalized spacial score (nSPS) is 12.4. The Kier molecular flexibility index (Phi) is 3.84. The summed E-state index contributed by atoms with van der Waals surface area (Å²) in [7, 11) is 0. The number of aromatic nitrogens is 3. The third kappa shape index (κ3) is 3.01. The van der Waals surface area contributed by atoms with Gasteiger partial charge in [0.2, 0.25) is 0 Å². The van der Waals surface area contributed by atoms with Crippen molar-refractivity contribution in [3.8, 4) is 5.75 Å². The van der Waals surface area contributed by atoms with Gasteiger partial charge < -0.3 is 9.84 Å². The van der Waals surface area contributed by atoms with Crippen molar-refractivity contribution < 1.29 is 9.84 Å². The van der Waals surface area contributed by atoms with Gasteiger partial charge in [0.25, 0.3) is 0 Å². The molecule has 0 amide bonds. The molecule has 2 rings (SSSR count).